The van der Waals surface area contributed by atoms with Gasteiger partial charge in [-0.05, 0) is 33.2 Å². The first-order valence-electron chi connectivity index (χ1n) is 8.83. The number of aryl methyl sites for hydroxylation is 2. The van der Waals surface area contributed by atoms with Gasteiger partial charge in [0.25, 0.3) is 0 Å². The standard InChI is InChI=1S/C17H27N5O3S/c1-11-12(2)26-17(20-11)21-15(24)10-22-8-4-5-14(9-22)16(25)19-7-6-18-13(3)23/h14H,4-10H2,1-3H3,(H,18,23)(H,19,25)(H,20,21,24). The maximum Gasteiger partial charge on any atom is 0.240 e. The third-order valence-corrected chi connectivity index (χ3v) is 5.30. The van der Waals surface area contributed by atoms with Crippen LogP contribution < -0.4 is 16.0 Å². The number of likely N-dealkylation sites (tertiary alicyclic amines) is 1. The van der Waals surface area contributed by atoms with E-state index in [0.717, 1.165) is 30.0 Å². The fourth-order valence-electron chi connectivity index (χ4n) is 2.87. The zero-order valence-electron chi connectivity index (χ0n) is 15.6. The molecule has 0 saturated carbocycles. The van der Waals surface area contributed by atoms with Crippen LogP contribution in [0.15, 0.2) is 0 Å². The molecule has 3 N–H and O–H groups in total. The summed E-state index contributed by atoms with van der Waals surface area (Å²) in [5.41, 5.74) is 0.930. The Bertz CT molecular complexity index is 641. The third-order valence-electron chi connectivity index (χ3n) is 4.32. The van der Waals surface area contributed by atoms with E-state index in [4.69, 9.17) is 0 Å². The van der Waals surface area contributed by atoms with E-state index < -0.39 is 0 Å². The van der Waals surface area contributed by atoms with E-state index in [9.17, 15) is 14.4 Å². The van der Waals surface area contributed by atoms with Crippen LogP contribution in [0.4, 0.5) is 5.13 Å². The van der Waals surface area contributed by atoms with Crippen molar-refractivity contribution in [2.75, 3.05) is 38.0 Å². The highest BCUT2D eigenvalue weighted by Crippen LogP contribution is 2.21. The summed E-state index contributed by atoms with van der Waals surface area (Å²) in [6, 6.07) is 0. The highest BCUT2D eigenvalue weighted by molar-refractivity contribution is 7.15. The van der Waals surface area contributed by atoms with Crippen molar-refractivity contribution in [1.29, 1.82) is 0 Å². The van der Waals surface area contributed by atoms with Gasteiger partial charge in [0.1, 0.15) is 0 Å². The summed E-state index contributed by atoms with van der Waals surface area (Å²) < 4.78 is 0. The van der Waals surface area contributed by atoms with Gasteiger partial charge in [0.15, 0.2) is 5.13 Å². The van der Waals surface area contributed by atoms with Gasteiger partial charge in [0.05, 0.1) is 18.2 Å². The molecule has 2 heterocycles. The molecular weight excluding hydrogens is 354 g/mol. The Morgan fingerprint density at radius 2 is 1.96 bits per heavy atom. The fraction of sp³-hybridized carbons (Fsp3) is 0.647. The van der Waals surface area contributed by atoms with Crippen molar-refractivity contribution in [3.63, 3.8) is 0 Å². The molecule has 3 amide bonds. The molecule has 1 aromatic rings. The van der Waals surface area contributed by atoms with Crippen LogP contribution in [0.5, 0.6) is 0 Å². The number of rotatable bonds is 7. The number of nitrogens with one attached hydrogen (secondary N) is 3. The number of thiazole rings is 1. The molecular formula is C17H27N5O3S. The van der Waals surface area contributed by atoms with E-state index in [1.807, 2.05) is 18.7 Å². The molecule has 1 atom stereocenters. The number of piperidine rings is 1. The molecule has 1 aliphatic heterocycles. The second-order valence-electron chi connectivity index (χ2n) is 6.56. The molecule has 1 aliphatic rings. The number of aromatic nitrogens is 1. The van der Waals surface area contributed by atoms with E-state index in [2.05, 4.69) is 20.9 Å². The Hall–Kier alpha value is -2.00. The second-order valence-corrected chi connectivity index (χ2v) is 7.76. The van der Waals surface area contributed by atoms with Crippen LogP contribution in [0, 0.1) is 19.8 Å². The Morgan fingerprint density at radius 3 is 2.62 bits per heavy atom. The molecule has 0 radical (unpaired) electrons. The first kappa shape index (κ1) is 20.3. The Kier molecular flexibility index (Phi) is 7.52. The van der Waals surface area contributed by atoms with Crippen molar-refractivity contribution < 1.29 is 14.4 Å². The first-order chi connectivity index (χ1) is 12.3. The third kappa shape index (κ3) is 6.38. The van der Waals surface area contributed by atoms with Crippen molar-refractivity contribution >= 4 is 34.2 Å². The van der Waals surface area contributed by atoms with E-state index in [-0.39, 0.29) is 30.2 Å². The minimum atomic E-state index is -0.127. The van der Waals surface area contributed by atoms with Crippen LogP contribution in [0.25, 0.3) is 0 Å². The van der Waals surface area contributed by atoms with Crippen LogP contribution in [0.2, 0.25) is 0 Å². The van der Waals surface area contributed by atoms with Gasteiger partial charge in [-0.1, -0.05) is 0 Å². The molecule has 1 fully saturated rings. The van der Waals surface area contributed by atoms with Crippen LogP contribution in [0.3, 0.4) is 0 Å². The summed E-state index contributed by atoms with van der Waals surface area (Å²) in [7, 11) is 0. The predicted molar refractivity (Wildman–Crippen MR) is 101 cm³/mol. The maximum absolute atomic E-state index is 12.2. The molecule has 8 nitrogen and oxygen atoms in total. The SMILES string of the molecule is CC(=O)NCCNC(=O)C1CCCN(CC(=O)Nc2nc(C)c(C)s2)C1. The normalized spacial score (nSPS) is 17.6. The van der Waals surface area contributed by atoms with Crippen LogP contribution in [0.1, 0.15) is 30.3 Å². The zero-order valence-corrected chi connectivity index (χ0v) is 16.4. The highest BCUT2D eigenvalue weighted by Gasteiger charge is 2.26. The zero-order chi connectivity index (χ0) is 19.1. The molecule has 1 aromatic heterocycles. The summed E-state index contributed by atoms with van der Waals surface area (Å²) in [5, 5.41) is 8.94. The summed E-state index contributed by atoms with van der Waals surface area (Å²) in [4.78, 5) is 42.7. The lowest BCUT2D eigenvalue weighted by atomic mass is 9.97. The lowest BCUT2D eigenvalue weighted by molar-refractivity contribution is -0.128. The number of hydrogen-bond acceptors (Lipinski definition) is 6. The first-order valence-corrected chi connectivity index (χ1v) is 9.65. The number of carbonyl (C=O) groups excluding carboxylic acids is 3. The topological polar surface area (TPSA) is 103 Å². The van der Waals surface area contributed by atoms with E-state index in [0.29, 0.717) is 24.8 Å². The molecule has 1 saturated heterocycles. The molecule has 26 heavy (non-hydrogen) atoms. The van der Waals surface area contributed by atoms with E-state index in [1.54, 1.807) is 0 Å². The average Bonchev–Trinajstić information content (AvgIpc) is 2.88. The van der Waals surface area contributed by atoms with Crippen molar-refractivity contribution in [2.45, 2.75) is 33.6 Å². The molecule has 0 aromatic carbocycles. The van der Waals surface area contributed by atoms with Crippen LogP contribution in [-0.4, -0.2) is 60.3 Å². The second kappa shape index (κ2) is 9.63. The summed E-state index contributed by atoms with van der Waals surface area (Å²) in [5.74, 6) is -0.366. The summed E-state index contributed by atoms with van der Waals surface area (Å²) in [6.45, 7) is 7.80. The van der Waals surface area contributed by atoms with Crippen molar-refractivity contribution in [1.82, 2.24) is 20.5 Å². The summed E-state index contributed by atoms with van der Waals surface area (Å²) in [6.07, 6.45) is 1.70. The monoisotopic (exact) mass is 381 g/mol. The van der Waals surface area contributed by atoms with Gasteiger partial charge in [0, 0.05) is 31.4 Å². The van der Waals surface area contributed by atoms with Gasteiger partial charge in [-0.25, -0.2) is 4.98 Å². The van der Waals surface area contributed by atoms with Gasteiger partial charge in [-0.3, -0.25) is 19.3 Å². The molecule has 144 valence electrons. The van der Waals surface area contributed by atoms with Gasteiger partial charge in [-0.2, -0.15) is 0 Å². The van der Waals surface area contributed by atoms with E-state index >= 15 is 0 Å². The number of amides is 3. The number of hydrogen-bond donors (Lipinski definition) is 3. The molecule has 0 spiro atoms. The van der Waals surface area contributed by atoms with Crippen molar-refractivity contribution in [2.24, 2.45) is 5.92 Å². The number of nitrogens with zero attached hydrogens (tertiary/aromatic N) is 2. The molecule has 9 heteroatoms. The van der Waals surface area contributed by atoms with Crippen LogP contribution >= 0.6 is 11.3 Å². The smallest absolute Gasteiger partial charge is 0.240 e. The minimum absolute atomic E-state index is 0.0216. The highest BCUT2D eigenvalue weighted by atomic mass is 32.1. The maximum atomic E-state index is 12.2. The van der Waals surface area contributed by atoms with Crippen molar-refractivity contribution in [3.05, 3.63) is 10.6 Å². The molecule has 0 bridgehead atoms. The van der Waals surface area contributed by atoms with Gasteiger partial charge < -0.3 is 16.0 Å². The van der Waals surface area contributed by atoms with Crippen molar-refractivity contribution in [3.8, 4) is 0 Å². The lowest BCUT2D eigenvalue weighted by Crippen LogP contribution is -2.46. The van der Waals surface area contributed by atoms with Gasteiger partial charge >= 0.3 is 0 Å². The molecule has 0 aliphatic carbocycles. The number of anilines is 1. The average molecular weight is 382 g/mol. The molecule has 2 rings (SSSR count). The largest absolute Gasteiger partial charge is 0.355 e. The Morgan fingerprint density at radius 1 is 1.23 bits per heavy atom. The Labute approximate surface area is 157 Å². The van der Waals surface area contributed by atoms with E-state index in [1.165, 1.54) is 18.3 Å². The van der Waals surface area contributed by atoms with Gasteiger partial charge in [0.2, 0.25) is 17.7 Å². The quantitative estimate of drug-likeness (QED) is 0.602. The predicted octanol–water partition coefficient (Wildman–Crippen LogP) is 0.663. The van der Waals surface area contributed by atoms with Gasteiger partial charge in [-0.15, -0.1) is 11.3 Å². The lowest BCUT2D eigenvalue weighted by Gasteiger charge is -2.31. The Balaban J connectivity index is 1.75. The van der Waals surface area contributed by atoms with Crippen LogP contribution in [-0.2, 0) is 14.4 Å². The molecule has 1 unspecified atom stereocenters. The summed E-state index contributed by atoms with van der Waals surface area (Å²) >= 11 is 1.47. The minimum Gasteiger partial charge on any atom is -0.355 e. The number of carbonyl (C=O) groups is 3. The fourth-order valence-corrected chi connectivity index (χ4v) is 3.70.